The van der Waals surface area contributed by atoms with Crippen molar-refractivity contribution in [3.05, 3.63) is 47.4 Å². The minimum atomic E-state index is -0.0731. The molecule has 2 aromatic heterocycles. The molecule has 1 saturated carbocycles. The number of rotatable bonds is 9. The highest BCUT2D eigenvalue weighted by Crippen LogP contribution is 2.47. The fourth-order valence-corrected chi connectivity index (χ4v) is 3.67. The van der Waals surface area contributed by atoms with Gasteiger partial charge < -0.3 is 19.4 Å². The summed E-state index contributed by atoms with van der Waals surface area (Å²) in [6.45, 7) is 3.75. The molecular weight excluding hydrogens is 408 g/mol. The van der Waals surface area contributed by atoms with Crippen LogP contribution in [0.3, 0.4) is 0 Å². The van der Waals surface area contributed by atoms with Crippen molar-refractivity contribution in [3.63, 3.8) is 0 Å². The van der Waals surface area contributed by atoms with Crippen LogP contribution in [-0.2, 0) is 16.1 Å². The van der Waals surface area contributed by atoms with Gasteiger partial charge in [-0.25, -0.2) is 4.98 Å². The molecule has 2 atom stereocenters. The van der Waals surface area contributed by atoms with Crippen molar-refractivity contribution in [2.75, 3.05) is 34.4 Å². The minimum Gasteiger partial charge on any atom is -0.415 e. The first-order chi connectivity index (χ1) is 15.5. The lowest BCUT2D eigenvalue weighted by Crippen LogP contribution is -2.31. The highest BCUT2D eigenvalue weighted by atomic mass is 16.5. The molecule has 9 nitrogen and oxygen atoms in total. The van der Waals surface area contributed by atoms with Crippen LogP contribution in [0.2, 0.25) is 0 Å². The number of carbonyl (C=O) groups is 1. The average molecular weight is 439 g/mol. The fraction of sp³-hybridized carbons (Fsp3) is 0.435. The number of nitrogens with one attached hydrogen (secondary N) is 1. The van der Waals surface area contributed by atoms with E-state index in [0.29, 0.717) is 36.3 Å². The third-order valence-corrected chi connectivity index (χ3v) is 5.68. The Morgan fingerprint density at radius 1 is 1.28 bits per heavy atom. The van der Waals surface area contributed by atoms with Crippen LogP contribution < -0.4 is 5.32 Å². The summed E-state index contributed by atoms with van der Waals surface area (Å²) >= 11 is 0. The van der Waals surface area contributed by atoms with Gasteiger partial charge in [0.1, 0.15) is 5.69 Å². The van der Waals surface area contributed by atoms with Crippen LogP contribution in [0.15, 0.2) is 34.9 Å². The Labute approximate surface area is 188 Å². The van der Waals surface area contributed by atoms with Crippen molar-refractivity contribution in [2.24, 2.45) is 5.92 Å². The Hall–Kier alpha value is -3.17. The highest BCUT2D eigenvalue weighted by Gasteiger charge is 2.46. The zero-order valence-electron chi connectivity index (χ0n) is 18.8. The van der Waals surface area contributed by atoms with Crippen LogP contribution >= 0.6 is 0 Å². The predicted octanol–water partition coefficient (Wildman–Crippen LogP) is 2.68. The second-order valence-corrected chi connectivity index (χ2v) is 8.07. The second-order valence-electron chi connectivity index (χ2n) is 8.07. The summed E-state index contributed by atoms with van der Waals surface area (Å²) in [4.78, 5) is 23.5. The molecular formula is C23H30N6O3. The molecule has 1 aliphatic carbocycles. The topological polar surface area (TPSA) is 106 Å². The van der Waals surface area contributed by atoms with Crippen molar-refractivity contribution in [1.29, 1.82) is 0 Å². The summed E-state index contributed by atoms with van der Waals surface area (Å²) in [7, 11) is 5.34. The molecule has 1 aliphatic rings. The van der Waals surface area contributed by atoms with Gasteiger partial charge in [0.25, 0.3) is 5.89 Å². The van der Waals surface area contributed by atoms with Gasteiger partial charge in [-0.3, -0.25) is 9.78 Å². The van der Waals surface area contributed by atoms with E-state index in [0.717, 1.165) is 24.2 Å². The molecule has 1 N–H and O–H groups in total. The van der Waals surface area contributed by atoms with Gasteiger partial charge in [-0.1, -0.05) is 12.1 Å². The lowest BCUT2D eigenvalue weighted by molar-refractivity contribution is -0.131. The van der Waals surface area contributed by atoms with Crippen LogP contribution in [0.4, 0.5) is 0 Å². The molecule has 0 radical (unpaired) electrons. The van der Waals surface area contributed by atoms with Crippen molar-refractivity contribution in [3.8, 4) is 23.0 Å². The number of hydrogen-bond acceptors (Lipinski definition) is 8. The van der Waals surface area contributed by atoms with Gasteiger partial charge in [-0.2, -0.15) is 0 Å². The number of ether oxygens (including phenoxy) is 1. The van der Waals surface area contributed by atoms with E-state index in [1.807, 2.05) is 38.2 Å². The first-order valence-corrected chi connectivity index (χ1v) is 10.7. The summed E-state index contributed by atoms with van der Waals surface area (Å²) in [5.41, 5.74) is 4.05. The van der Waals surface area contributed by atoms with Crippen molar-refractivity contribution >= 4 is 5.91 Å². The van der Waals surface area contributed by atoms with E-state index in [1.165, 1.54) is 5.56 Å². The smallest absolute Gasteiger partial charge is 0.268 e. The molecule has 2 heterocycles. The Bertz CT molecular complexity index is 1090. The van der Waals surface area contributed by atoms with Gasteiger partial charge in [0.15, 0.2) is 0 Å². The maximum Gasteiger partial charge on any atom is 0.268 e. The first-order valence-electron chi connectivity index (χ1n) is 10.7. The van der Waals surface area contributed by atoms with Crippen LogP contribution in [0.1, 0.15) is 30.7 Å². The molecule has 1 fully saturated rings. The molecule has 0 aliphatic heterocycles. The molecule has 170 valence electrons. The zero-order chi connectivity index (χ0) is 22.7. The number of likely N-dealkylation sites (N-methyl/N-ethyl adjacent to an activating group) is 1. The largest absolute Gasteiger partial charge is 0.415 e. The SMILES string of the molecule is CNCc1ccc(-c2nnc(-c3nc(C4CC4C(=O)N(C)CCOC)cnc3C)o2)cc1.[HH]. The van der Waals surface area contributed by atoms with E-state index in [9.17, 15) is 4.79 Å². The Balaban J connectivity index is 0.00000306. The van der Waals surface area contributed by atoms with E-state index < -0.39 is 0 Å². The number of benzene rings is 1. The summed E-state index contributed by atoms with van der Waals surface area (Å²) in [6.07, 6.45) is 2.51. The maximum absolute atomic E-state index is 12.6. The van der Waals surface area contributed by atoms with Crippen LogP contribution in [0, 0.1) is 12.8 Å². The van der Waals surface area contributed by atoms with Crippen LogP contribution in [0.5, 0.6) is 0 Å². The summed E-state index contributed by atoms with van der Waals surface area (Å²) < 4.78 is 11.0. The van der Waals surface area contributed by atoms with Gasteiger partial charge in [0.05, 0.1) is 18.0 Å². The first kappa shape index (κ1) is 22.0. The number of nitrogens with zero attached hydrogens (tertiary/aromatic N) is 5. The lowest BCUT2D eigenvalue weighted by Gasteiger charge is -2.16. The molecule has 0 saturated heterocycles. The molecule has 4 rings (SSSR count). The number of amides is 1. The molecule has 3 aromatic rings. The number of hydrogen-bond donors (Lipinski definition) is 1. The fourth-order valence-electron chi connectivity index (χ4n) is 3.67. The summed E-state index contributed by atoms with van der Waals surface area (Å²) in [5, 5.41) is 11.5. The van der Waals surface area contributed by atoms with E-state index in [-0.39, 0.29) is 19.2 Å². The highest BCUT2D eigenvalue weighted by molar-refractivity contribution is 5.82. The Morgan fingerprint density at radius 3 is 2.75 bits per heavy atom. The van der Waals surface area contributed by atoms with Crippen LogP contribution in [-0.4, -0.2) is 65.3 Å². The molecule has 1 amide bonds. The predicted molar refractivity (Wildman–Crippen MR) is 121 cm³/mol. The van der Waals surface area contributed by atoms with Gasteiger partial charge in [0, 0.05) is 52.3 Å². The van der Waals surface area contributed by atoms with E-state index in [4.69, 9.17) is 14.1 Å². The molecule has 1 aromatic carbocycles. The maximum atomic E-state index is 12.6. The van der Waals surface area contributed by atoms with Gasteiger partial charge in [0.2, 0.25) is 11.8 Å². The standard InChI is InChI=1S/C23H28N6O3.H2/c1-14-20(22-28-27-21(32-22)16-7-5-15(6-8-16)12-24-2)26-19(13-25-14)17-11-18(17)23(30)29(3)9-10-31-4;/h5-8,13,17-18,24H,9-12H2,1-4H3;1H. The third kappa shape index (κ3) is 4.68. The van der Waals surface area contributed by atoms with Gasteiger partial charge in [-0.05, 0) is 38.1 Å². The van der Waals surface area contributed by atoms with Crippen molar-refractivity contribution in [1.82, 2.24) is 30.4 Å². The van der Waals surface area contributed by atoms with Crippen LogP contribution in [0.25, 0.3) is 23.0 Å². The monoisotopic (exact) mass is 438 g/mol. The molecule has 9 heteroatoms. The molecule has 0 bridgehead atoms. The quantitative estimate of drug-likeness (QED) is 0.543. The van der Waals surface area contributed by atoms with Gasteiger partial charge >= 0.3 is 0 Å². The van der Waals surface area contributed by atoms with E-state index >= 15 is 0 Å². The number of aryl methyl sites for hydroxylation is 1. The van der Waals surface area contributed by atoms with Crippen molar-refractivity contribution < 1.29 is 15.4 Å². The number of carbonyl (C=O) groups excluding carboxylic acids is 1. The summed E-state index contributed by atoms with van der Waals surface area (Å²) in [6, 6.07) is 7.96. The lowest BCUT2D eigenvalue weighted by atomic mass is 10.1. The van der Waals surface area contributed by atoms with E-state index in [1.54, 1.807) is 25.3 Å². The minimum absolute atomic E-state index is 0. The second kappa shape index (κ2) is 9.54. The normalized spacial score (nSPS) is 17.4. The Kier molecular flexibility index (Phi) is 6.57. The Morgan fingerprint density at radius 2 is 2.03 bits per heavy atom. The van der Waals surface area contributed by atoms with E-state index in [2.05, 4.69) is 20.5 Å². The zero-order valence-corrected chi connectivity index (χ0v) is 18.8. The van der Waals surface area contributed by atoms with Crippen molar-refractivity contribution in [2.45, 2.75) is 25.8 Å². The van der Waals surface area contributed by atoms with Gasteiger partial charge in [-0.15, -0.1) is 10.2 Å². The number of methoxy groups -OCH3 is 1. The average Bonchev–Trinajstić information content (AvgIpc) is 3.46. The molecule has 0 spiro atoms. The number of aromatic nitrogens is 4. The molecule has 32 heavy (non-hydrogen) atoms. The molecule has 2 unspecified atom stereocenters. The summed E-state index contributed by atoms with van der Waals surface area (Å²) in [5.74, 6) is 0.851. The third-order valence-electron chi connectivity index (χ3n) is 5.68.